The number of amides is 2. The Labute approximate surface area is 163 Å². The summed E-state index contributed by atoms with van der Waals surface area (Å²) >= 11 is 0. The van der Waals surface area contributed by atoms with Gasteiger partial charge < -0.3 is 14.5 Å². The molecular weight excluding hydrogens is 358 g/mol. The molecular formula is C20H25N5O3. The lowest BCUT2D eigenvalue weighted by atomic mass is 9.96. The smallest absolute Gasteiger partial charge is 0.228 e. The van der Waals surface area contributed by atoms with E-state index in [9.17, 15) is 9.59 Å². The van der Waals surface area contributed by atoms with Gasteiger partial charge in [-0.25, -0.2) is 9.50 Å². The summed E-state index contributed by atoms with van der Waals surface area (Å²) in [6.45, 7) is 3.52. The van der Waals surface area contributed by atoms with Crippen LogP contribution in [-0.4, -0.2) is 69.1 Å². The third-order valence-electron chi connectivity index (χ3n) is 6.41. The first-order valence-electron chi connectivity index (χ1n) is 10.00. The Bertz CT molecular complexity index is 955. The number of likely N-dealkylation sites (tertiary alicyclic amines) is 1. The molecule has 8 heteroatoms. The number of fused-ring (bicyclic) bond motifs is 6. The van der Waals surface area contributed by atoms with Crippen molar-refractivity contribution in [3.05, 3.63) is 29.2 Å². The molecule has 0 aromatic carbocycles. The highest BCUT2D eigenvalue weighted by atomic mass is 16.5. The number of nitrogens with zero attached hydrogens (tertiary/aromatic N) is 5. The fraction of sp³-hybridized carbons (Fsp3) is 0.600. The van der Waals surface area contributed by atoms with Crippen LogP contribution in [0.1, 0.15) is 42.3 Å². The first kappa shape index (κ1) is 17.6. The number of rotatable bonds is 4. The fourth-order valence-electron chi connectivity index (χ4n) is 5.10. The number of hydrogen-bond donors (Lipinski definition) is 0. The van der Waals surface area contributed by atoms with Crippen LogP contribution >= 0.6 is 0 Å². The van der Waals surface area contributed by atoms with Gasteiger partial charge in [0.05, 0.1) is 30.0 Å². The summed E-state index contributed by atoms with van der Waals surface area (Å²) in [5.74, 6) is -0.0867. The largest absolute Gasteiger partial charge is 0.383 e. The van der Waals surface area contributed by atoms with E-state index in [4.69, 9.17) is 4.74 Å². The minimum atomic E-state index is -0.252. The van der Waals surface area contributed by atoms with Gasteiger partial charge in [-0.2, -0.15) is 5.10 Å². The van der Waals surface area contributed by atoms with Crippen LogP contribution in [0.4, 0.5) is 0 Å². The van der Waals surface area contributed by atoms with E-state index in [1.165, 1.54) is 5.69 Å². The maximum Gasteiger partial charge on any atom is 0.228 e. The molecule has 5 heterocycles. The predicted molar refractivity (Wildman–Crippen MR) is 101 cm³/mol. The number of carbonyl (C=O) groups is 2. The minimum Gasteiger partial charge on any atom is -0.383 e. The van der Waals surface area contributed by atoms with Crippen LogP contribution < -0.4 is 0 Å². The molecule has 5 rings (SSSR count). The van der Waals surface area contributed by atoms with Gasteiger partial charge in [0.1, 0.15) is 0 Å². The molecule has 0 N–H and O–H groups in total. The minimum absolute atomic E-state index is 0.0470. The van der Waals surface area contributed by atoms with Gasteiger partial charge in [-0.15, -0.1) is 0 Å². The Morgan fingerprint density at radius 2 is 2.18 bits per heavy atom. The van der Waals surface area contributed by atoms with Gasteiger partial charge in [0, 0.05) is 56.9 Å². The SMILES string of the molecule is COCCN1C[C@H](C(=O)N2[C@H]3CC[C@H]2c2cnc4cc(C)nn4c2C3)CC1=O. The third-order valence-corrected chi connectivity index (χ3v) is 6.41. The van der Waals surface area contributed by atoms with Crippen molar-refractivity contribution in [1.82, 2.24) is 24.4 Å². The molecule has 2 fully saturated rings. The molecule has 8 nitrogen and oxygen atoms in total. The second-order valence-corrected chi connectivity index (χ2v) is 8.15. The van der Waals surface area contributed by atoms with Gasteiger partial charge in [-0.3, -0.25) is 9.59 Å². The van der Waals surface area contributed by atoms with Crippen molar-refractivity contribution in [3.8, 4) is 0 Å². The molecule has 2 aromatic heterocycles. The van der Waals surface area contributed by atoms with Crippen molar-refractivity contribution < 1.29 is 14.3 Å². The highest BCUT2D eigenvalue weighted by Gasteiger charge is 2.47. The van der Waals surface area contributed by atoms with Crippen LogP contribution in [0.5, 0.6) is 0 Å². The Hall–Kier alpha value is -2.48. The van der Waals surface area contributed by atoms with Gasteiger partial charge in [0.15, 0.2) is 5.65 Å². The van der Waals surface area contributed by atoms with Gasteiger partial charge in [0.25, 0.3) is 0 Å². The highest BCUT2D eigenvalue weighted by Crippen LogP contribution is 2.44. The van der Waals surface area contributed by atoms with Gasteiger partial charge >= 0.3 is 0 Å². The average molecular weight is 383 g/mol. The summed E-state index contributed by atoms with van der Waals surface area (Å²) in [6.07, 6.45) is 4.96. The Morgan fingerprint density at radius 1 is 1.32 bits per heavy atom. The Balaban J connectivity index is 1.41. The summed E-state index contributed by atoms with van der Waals surface area (Å²) in [7, 11) is 1.62. The first-order chi connectivity index (χ1) is 13.6. The van der Waals surface area contributed by atoms with Crippen molar-refractivity contribution in [2.45, 2.75) is 44.7 Å². The van der Waals surface area contributed by atoms with Gasteiger partial charge in [0.2, 0.25) is 11.8 Å². The highest BCUT2D eigenvalue weighted by molar-refractivity contribution is 5.90. The Morgan fingerprint density at radius 3 is 3.00 bits per heavy atom. The monoisotopic (exact) mass is 383 g/mol. The van der Waals surface area contributed by atoms with Crippen molar-refractivity contribution in [3.63, 3.8) is 0 Å². The van der Waals surface area contributed by atoms with E-state index in [0.29, 0.717) is 26.1 Å². The number of aryl methyl sites for hydroxylation is 1. The van der Waals surface area contributed by atoms with E-state index in [-0.39, 0.29) is 29.8 Å². The standard InChI is InChI=1S/C20H25N5O3/c1-12-7-18-21-10-15-16-4-3-14(9-17(15)25(18)22-12)24(16)20(27)13-8-19(26)23(11-13)5-6-28-2/h7,10,13-14,16H,3-6,8-9,11H2,1-2H3/t13-,14+,16+/m1/s1. The topological polar surface area (TPSA) is 80.0 Å². The van der Waals surface area contributed by atoms with Gasteiger partial charge in [-0.1, -0.05) is 0 Å². The predicted octanol–water partition coefficient (Wildman–Crippen LogP) is 1.12. The average Bonchev–Trinajstić information content (AvgIpc) is 3.33. The lowest BCUT2D eigenvalue weighted by Crippen LogP contribution is -2.46. The van der Waals surface area contributed by atoms with Crippen LogP contribution in [0.2, 0.25) is 0 Å². The van der Waals surface area contributed by atoms with Crippen LogP contribution in [-0.2, 0) is 20.7 Å². The molecule has 148 valence electrons. The van der Waals surface area contributed by atoms with Crippen molar-refractivity contribution in [2.24, 2.45) is 5.92 Å². The number of aromatic nitrogens is 3. The zero-order valence-corrected chi connectivity index (χ0v) is 16.3. The van der Waals surface area contributed by atoms with E-state index in [1.807, 2.05) is 28.6 Å². The zero-order chi connectivity index (χ0) is 19.4. The molecule has 0 saturated carbocycles. The molecule has 28 heavy (non-hydrogen) atoms. The van der Waals surface area contributed by atoms with Crippen molar-refractivity contribution >= 4 is 17.5 Å². The molecule has 2 aromatic rings. The summed E-state index contributed by atoms with van der Waals surface area (Å²) in [4.78, 5) is 34.0. The fourth-order valence-corrected chi connectivity index (χ4v) is 5.10. The third kappa shape index (κ3) is 2.62. The number of hydrogen-bond acceptors (Lipinski definition) is 5. The molecule has 3 atom stereocenters. The lowest BCUT2D eigenvalue weighted by Gasteiger charge is -2.37. The molecule has 0 unspecified atom stereocenters. The van der Waals surface area contributed by atoms with Crippen molar-refractivity contribution in [2.75, 3.05) is 26.8 Å². The van der Waals surface area contributed by atoms with E-state index >= 15 is 0 Å². The van der Waals surface area contributed by atoms with Crippen LogP contribution in [0.25, 0.3) is 5.65 Å². The van der Waals surface area contributed by atoms with Crippen LogP contribution in [0, 0.1) is 12.8 Å². The quantitative estimate of drug-likeness (QED) is 0.791. The normalized spacial score (nSPS) is 26.4. The maximum absolute atomic E-state index is 13.4. The molecule has 0 radical (unpaired) electrons. The summed E-state index contributed by atoms with van der Waals surface area (Å²) in [6, 6.07) is 2.22. The summed E-state index contributed by atoms with van der Waals surface area (Å²) < 4.78 is 7.03. The molecule has 2 bridgehead atoms. The van der Waals surface area contributed by atoms with Gasteiger partial charge in [-0.05, 0) is 19.8 Å². The van der Waals surface area contributed by atoms with Crippen LogP contribution in [0.3, 0.4) is 0 Å². The van der Waals surface area contributed by atoms with E-state index in [2.05, 4.69) is 10.1 Å². The second-order valence-electron chi connectivity index (χ2n) is 8.15. The first-order valence-corrected chi connectivity index (χ1v) is 10.00. The summed E-state index contributed by atoms with van der Waals surface area (Å²) in [5, 5.41) is 4.61. The number of ether oxygens (including phenoxy) is 1. The zero-order valence-electron chi connectivity index (χ0n) is 16.3. The maximum atomic E-state index is 13.4. The van der Waals surface area contributed by atoms with Crippen molar-refractivity contribution in [1.29, 1.82) is 0 Å². The number of carbonyl (C=O) groups excluding carboxylic acids is 2. The molecule has 3 aliphatic heterocycles. The molecule has 2 amide bonds. The number of methoxy groups -OCH3 is 1. The second kappa shape index (κ2) is 6.55. The molecule has 2 saturated heterocycles. The Kier molecular flexibility index (Phi) is 4.12. The summed E-state index contributed by atoms with van der Waals surface area (Å²) in [5.41, 5.74) is 4.11. The van der Waals surface area contributed by atoms with E-state index in [1.54, 1.807) is 12.0 Å². The lowest BCUT2D eigenvalue weighted by molar-refractivity contribution is -0.139. The molecule has 3 aliphatic rings. The molecule has 0 aliphatic carbocycles. The van der Waals surface area contributed by atoms with E-state index < -0.39 is 0 Å². The van der Waals surface area contributed by atoms with E-state index in [0.717, 1.165) is 36.2 Å². The molecule has 0 spiro atoms. The van der Waals surface area contributed by atoms with Crippen LogP contribution in [0.15, 0.2) is 12.3 Å².